The molecule has 2 atom stereocenters. The van der Waals surface area contributed by atoms with Crippen molar-refractivity contribution in [3.8, 4) is 0 Å². The van der Waals surface area contributed by atoms with Crippen LogP contribution in [-0.2, 0) is 9.59 Å². The largest absolute Gasteiger partial charge is 0.356 e. The highest BCUT2D eigenvalue weighted by Crippen LogP contribution is 2.17. The predicted molar refractivity (Wildman–Crippen MR) is 104 cm³/mol. The first-order valence-electron chi connectivity index (χ1n) is 9.17. The molecule has 1 saturated heterocycles. The third-order valence-corrected chi connectivity index (χ3v) is 4.65. The molecule has 8 heteroatoms. The van der Waals surface area contributed by atoms with Crippen LogP contribution in [0.2, 0.25) is 0 Å². The Morgan fingerprint density at radius 3 is 2.52 bits per heavy atom. The lowest BCUT2D eigenvalue weighted by Crippen LogP contribution is -2.38. The Hall–Kier alpha value is -3.55. The molecule has 0 saturated carbocycles. The highest BCUT2D eigenvalue weighted by Gasteiger charge is 2.28. The zero-order valence-corrected chi connectivity index (χ0v) is 15.5. The SMILES string of the molecule is O=C[C@H](CC1CCNC1=O)NC(=O)c1cccc(NC(=O)c2cccc(F)c2)c1. The molecule has 0 radical (unpaired) electrons. The molecular weight excluding hydrogens is 377 g/mol. The van der Waals surface area contributed by atoms with Gasteiger partial charge in [-0.05, 0) is 49.2 Å². The van der Waals surface area contributed by atoms with Crippen LogP contribution >= 0.6 is 0 Å². The molecule has 3 rings (SSSR count). The van der Waals surface area contributed by atoms with E-state index in [0.29, 0.717) is 24.9 Å². The monoisotopic (exact) mass is 397 g/mol. The Balaban J connectivity index is 1.64. The van der Waals surface area contributed by atoms with Crippen molar-refractivity contribution in [3.05, 3.63) is 65.5 Å². The molecule has 1 unspecified atom stereocenters. The zero-order chi connectivity index (χ0) is 20.8. The van der Waals surface area contributed by atoms with Crippen LogP contribution in [0.5, 0.6) is 0 Å². The van der Waals surface area contributed by atoms with E-state index in [1.165, 1.54) is 30.3 Å². The molecule has 150 valence electrons. The number of carbonyl (C=O) groups excluding carboxylic acids is 4. The van der Waals surface area contributed by atoms with E-state index in [9.17, 15) is 23.6 Å². The van der Waals surface area contributed by atoms with E-state index in [1.807, 2.05) is 0 Å². The van der Waals surface area contributed by atoms with Crippen molar-refractivity contribution in [2.24, 2.45) is 5.92 Å². The van der Waals surface area contributed by atoms with Crippen molar-refractivity contribution in [3.63, 3.8) is 0 Å². The molecule has 0 spiro atoms. The zero-order valence-electron chi connectivity index (χ0n) is 15.5. The van der Waals surface area contributed by atoms with Gasteiger partial charge in [0.05, 0.1) is 6.04 Å². The Morgan fingerprint density at radius 2 is 1.86 bits per heavy atom. The Morgan fingerprint density at radius 1 is 1.14 bits per heavy atom. The average molecular weight is 397 g/mol. The second kappa shape index (κ2) is 9.09. The lowest BCUT2D eigenvalue weighted by atomic mass is 9.99. The van der Waals surface area contributed by atoms with E-state index >= 15 is 0 Å². The first kappa shape index (κ1) is 20.2. The summed E-state index contributed by atoms with van der Waals surface area (Å²) in [6.07, 6.45) is 1.47. The fraction of sp³-hybridized carbons (Fsp3) is 0.238. The molecular formula is C21H20FN3O4. The van der Waals surface area contributed by atoms with Crippen LogP contribution < -0.4 is 16.0 Å². The van der Waals surface area contributed by atoms with Crippen molar-refractivity contribution in [2.45, 2.75) is 18.9 Å². The van der Waals surface area contributed by atoms with E-state index in [-0.39, 0.29) is 29.4 Å². The predicted octanol–water partition coefficient (Wildman–Crippen LogP) is 1.90. The Kier molecular flexibility index (Phi) is 6.33. The summed E-state index contributed by atoms with van der Waals surface area (Å²) in [5.74, 6) is -1.96. The maximum Gasteiger partial charge on any atom is 0.255 e. The Bertz CT molecular complexity index is 947. The topological polar surface area (TPSA) is 104 Å². The van der Waals surface area contributed by atoms with Gasteiger partial charge in [0, 0.05) is 29.3 Å². The van der Waals surface area contributed by atoms with Crippen molar-refractivity contribution in [1.82, 2.24) is 10.6 Å². The van der Waals surface area contributed by atoms with Crippen molar-refractivity contribution >= 4 is 29.7 Å². The molecule has 0 aromatic heterocycles. The van der Waals surface area contributed by atoms with E-state index < -0.39 is 23.7 Å². The van der Waals surface area contributed by atoms with Gasteiger partial charge in [-0.2, -0.15) is 0 Å². The van der Waals surface area contributed by atoms with Crippen LogP contribution in [0.1, 0.15) is 33.6 Å². The fourth-order valence-electron chi connectivity index (χ4n) is 3.15. The molecule has 3 N–H and O–H groups in total. The number of aldehydes is 1. The van der Waals surface area contributed by atoms with Crippen LogP contribution in [0.4, 0.5) is 10.1 Å². The summed E-state index contributed by atoms with van der Waals surface area (Å²) in [6, 6.07) is 10.6. The maximum atomic E-state index is 13.3. The van der Waals surface area contributed by atoms with Crippen LogP contribution in [0.15, 0.2) is 48.5 Å². The number of anilines is 1. The van der Waals surface area contributed by atoms with Gasteiger partial charge in [0.2, 0.25) is 5.91 Å². The van der Waals surface area contributed by atoms with Gasteiger partial charge in [0.1, 0.15) is 12.1 Å². The second-order valence-electron chi connectivity index (χ2n) is 6.77. The molecule has 0 aliphatic carbocycles. The summed E-state index contributed by atoms with van der Waals surface area (Å²) in [5.41, 5.74) is 0.741. The van der Waals surface area contributed by atoms with Gasteiger partial charge in [0.15, 0.2) is 0 Å². The second-order valence-corrected chi connectivity index (χ2v) is 6.77. The molecule has 0 bridgehead atoms. The van der Waals surface area contributed by atoms with E-state index in [0.717, 1.165) is 6.07 Å². The molecule has 2 aromatic carbocycles. The molecule has 7 nitrogen and oxygen atoms in total. The normalized spacial score (nSPS) is 16.6. The van der Waals surface area contributed by atoms with E-state index in [1.54, 1.807) is 12.1 Å². The van der Waals surface area contributed by atoms with E-state index in [4.69, 9.17) is 0 Å². The number of rotatable bonds is 7. The lowest BCUT2D eigenvalue weighted by Gasteiger charge is -2.16. The third kappa shape index (κ3) is 5.25. The minimum atomic E-state index is -0.790. The highest BCUT2D eigenvalue weighted by atomic mass is 19.1. The minimum absolute atomic E-state index is 0.117. The van der Waals surface area contributed by atoms with E-state index in [2.05, 4.69) is 16.0 Å². The number of carbonyl (C=O) groups is 4. The van der Waals surface area contributed by atoms with Gasteiger partial charge in [-0.25, -0.2) is 4.39 Å². The molecule has 1 aliphatic heterocycles. The van der Waals surface area contributed by atoms with Crippen molar-refractivity contribution in [1.29, 1.82) is 0 Å². The maximum absolute atomic E-state index is 13.3. The highest BCUT2D eigenvalue weighted by molar-refractivity contribution is 6.05. The lowest BCUT2D eigenvalue weighted by molar-refractivity contribution is -0.122. The summed E-state index contributed by atoms with van der Waals surface area (Å²) in [7, 11) is 0. The fourth-order valence-corrected chi connectivity index (χ4v) is 3.15. The number of amides is 3. The molecule has 1 heterocycles. The summed E-state index contributed by atoms with van der Waals surface area (Å²) in [5, 5.41) is 7.90. The number of benzene rings is 2. The molecule has 1 aliphatic rings. The van der Waals surface area contributed by atoms with Crippen LogP contribution in [0, 0.1) is 11.7 Å². The molecule has 2 aromatic rings. The standard InChI is InChI=1S/C21H20FN3O4/c22-16-5-1-3-13(9-16)20(28)24-17-6-2-4-14(10-17)21(29)25-18(12-26)11-15-7-8-23-19(15)27/h1-6,9-10,12,15,18H,7-8,11H2,(H,23,27)(H,24,28)(H,25,29)/t15?,18-/m0/s1. The molecule has 1 fully saturated rings. The smallest absolute Gasteiger partial charge is 0.255 e. The Labute approximate surface area is 166 Å². The van der Waals surface area contributed by atoms with Gasteiger partial charge in [0.25, 0.3) is 11.8 Å². The van der Waals surface area contributed by atoms with Crippen molar-refractivity contribution < 1.29 is 23.6 Å². The summed E-state index contributed by atoms with van der Waals surface area (Å²) in [4.78, 5) is 47.7. The number of hydrogen-bond donors (Lipinski definition) is 3. The quantitative estimate of drug-likeness (QED) is 0.621. The van der Waals surface area contributed by atoms with Gasteiger partial charge >= 0.3 is 0 Å². The van der Waals surface area contributed by atoms with Crippen molar-refractivity contribution in [2.75, 3.05) is 11.9 Å². The first-order chi connectivity index (χ1) is 14.0. The molecule has 3 amide bonds. The number of hydrogen-bond acceptors (Lipinski definition) is 4. The molecule has 29 heavy (non-hydrogen) atoms. The van der Waals surface area contributed by atoms with Gasteiger partial charge < -0.3 is 20.7 Å². The van der Waals surface area contributed by atoms with Crippen LogP contribution in [0.3, 0.4) is 0 Å². The van der Waals surface area contributed by atoms with Crippen LogP contribution in [0.25, 0.3) is 0 Å². The first-order valence-corrected chi connectivity index (χ1v) is 9.17. The minimum Gasteiger partial charge on any atom is -0.356 e. The van der Waals surface area contributed by atoms with Crippen LogP contribution in [-0.4, -0.2) is 36.6 Å². The third-order valence-electron chi connectivity index (χ3n) is 4.65. The average Bonchev–Trinajstić information content (AvgIpc) is 3.12. The van der Waals surface area contributed by atoms with Gasteiger partial charge in [-0.1, -0.05) is 12.1 Å². The number of nitrogens with one attached hydrogen (secondary N) is 3. The summed E-state index contributed by atoms with van der Waals surface area (Å²) >= 11 is 0. The summed E-state index contributed by atoms with van der Waals surface area (Å²) in [6.45, 7) is 0.566. The number of halogens is 1. The summed E-state index contributed by atoms with van der Waals surface area (Å²) < 4.78 is 13.3. The van der Waals surface area contributed by atoms with Gasteiger partial charge in [-0.3, -0.25) is 14.4 Å². The van der Waals surface area contributed by atoms with Gasteiger partial charge in [-0.15, -0.1) is 0 Å².